The van der Waals surface area contributed by atoms with Crippen molar-refractivity contribution in [2.75, 3.05) is 25.9 Å². The lowest BCUT2D eigenvalue weighted by atomic mass is 10.0. The number of hydrogen-bond acceptors (Lipinski definition) is 6. The van der Waals surface area contributed by atoms with Crippen molar-refractivity contribution >= 4 is 17.8 Å². The molecule has 0 saturated carbocycles. The maximum atomic E-state index is 12.3. The van der Waals surface area contributed by atoms with Gasteiger partial charge >= 0.3 is 5.97 Å². The molecule has 0 aliphatic heterocycles. The molecule has 112 valence electrons. The predicted molar refractivity (Wildman–Crippen MR) is 72.8 cm³/mol. The normalized spacial score (nSPS) is 10.6. The Labute approximate surface area is 117 Å². The number of anilines is 1. The first-order chi connectivity index (χ1) is 9.51. The first kappa shape index (κ1) is 15.9. The van der Waals surface area contributed by atoms with Gasteiger partial charge in [-0.3, -0.25) is 14.7 Å². The highest BCUT2D eigenvalue weighted by molar-refractivity contribution is 5.92. The monoisotopic (exact) mass is 283 g/mol. The molecule has 0 atom stereocenters. The van der Waals surface area contributed by atoms with E-state index in [0.717, 1.165) is 12.8 Å². The van der Waals surface area contributed by atoms with Gasteiger partial charge in [-0.1, -0.05) is 26.7 Å². The van der Waals surface area contributed by atoms with Crippen LogP contribution in [0.3, 0.4) is 0 Å². The van der Waals surface area contributed by atoms with Crippen LogP contribution in [-0.2, 0) is 9.53 Å². The quantitative estimate of drug-likeness (QED) is 0.702. The van der Waals surface area contributed by atoms with Crippen LogP contribution in [0, 0.1) is 5.92 Å². The fourth-order valence-corrected chi connectivity index (χ4v) is 1.82. The van der Waals surface area contributed by atoms with Crippen LogP contribution in [-0.4, -0.2) is 52.2 Å². The number of aromatic amines is 1. The molecule has 0 radical (unpaired) electrons. The number of methoxy groups -OCH3 is 1. The number of rotatable bonds is 7. The first-order valence-electron chi connectivity index (χ1n) is 6.55. The molecule has 3 N–H and O–H groups in total. The number of carbonyl (C=O) groups is 2. The largest absolute Gasteiger partial charge is 0.468 e. The maximum Gasteiger partial charge on any atom is 0.325 e. The van der Waals surface area contributed by atoms with Crippen LogP contribution in [0.2, 0.25) is 0 Å². The number of nitrogens with zero attached hydrogens (tertiary/aromatic N) is 3. The average molecular weight is 283 g/mol. The molecule has 1 heterocycles. The molecule has 0 spiro atoms. The van der Waals surface area contributed by atoms with Crippen LogP contribution in [0.25, 0.3) is 0 Å². The van der Waals surface area contributed by atoms with Crippen LogP contribution in [0.4, 0.5) is 5.95 Å². The summed E-state index contributed by atoms with van der Waals surface area (Å²) in [4.78, 5) is 28.9. The van der Waals surface area contributed by atoms with Gasteiger partial charge in [0.1, 0.15) is 6.54 Å². The number of aromatic nitrogens is 3. The van der Waals surface area contributed by atoms with Crippen molar-refractivity contribution in [3.05, 3.63) is 5.82 Å². The van der Waals surface area contributed by atoms with Crippen molar-refractivity contribution in [2.24, 2.45) is 5.92 Å². The van der Waals surface area contributed by atoms with E-state index in [1.807, 2.05) is 13.8 Å². The zero-order valence-corrected chi connectivity index (χ0v) is 12.0. The minimum absolute atomic E-state index is 0.00565. The number of carbonyl (C=O) groups excluding carboxylic acids is 2. The zero-order chi connectivity index (χ0) is 15.1. The second-order valence-electron chi connectivity index (χ2n) is 4.49. The summed E-state index contributed by atoms with van der Waals surface area (Å²) in [6, 6.07) is 0. The molecular formula is C12H21N5O3. The van der Waals surface area contributed by atoms with Gasteiger partial charge in [-0.15, -0.1) is 5.10 Å². The van der Waals surface area contributed by atoms with E-state index >= 15 is 0 Å². The number of nitrogens with two attached hydrogens (primary N) is 1. The summed E-state index contributed by atoms with van der Waals surface area (Å²) in [7, 11) is 1.29. The van der Waals surface area contributed by atoms with Gasteiger partial charge in [-0.25, -0.2) is 0 Å². The fourth-order valence-electron chi connectivity index (χ4n) is 1.82. The summed E-state index contributed by atoms with van der Waals surface area (Å²) in [5.41, 5.74) is 5.38. The Morgan fingerprint density at radius 2 is 2.05 bits per heavy atom. The molecule has 1 aromatic heterocycles. The molecule has 1 rings (SSSR count). The molecule has 20 heavy (non-hydrogen) atoms. The van der Waals surface area contributed by atoms with Crippen LogP contribution in [0.15, 0.2) is 0 Å². The standard InChI is InChI=1S/C12H21N5O3/c1-4-8(5-2)6-17(7-9(18)20-3)11(19)10-14-12(13)16-15-10/h8H,4-7H2,1-3H3,(H3,13,14,15,16). The number of hydrogen-bond donors (Lipinski definition) is 2. The predicted octanol–water partition coefficient (Wildman–Crippen LogP) is 0.438. The summed E-state index contributed by atoms with van der Waals surface area (Å²) in [5, 5.41) is 6.07. The summed E-state index contributed by atoms with van der Waals surface area (Å²) in [6.45, 7) is 4.43. The second-order valence-corrected chi connectivity index (χ2v) is 4.49. The molecule has 8 heteroatoms. The summed E-state index contributed by atoms with van der Waals surface area (Å²) in [5.74, 6) is -0.557. The van der Waals surface area contributed by atoms with E-state index in [4.69, 9.17) is 5.73 Å². The van der Waals surface area contributed by atoms with Crippen molar-refractivity contribution in [3.8, 4) is 0 Å². The number of ether oxygens (including phenoxy) is 1. The lowest BCUT2D eigenvalue weighted by Crippen LogP contribution is -2.40. The van der Waals surface area contributed by atoms with E-state index in [0.29, 0.717) is 12.5 Å². The Kier molecular flexibility index (Phi) is 5.95. The van der Waals surface area contributed by atoms with Gasteiger partial charge in [0.2, 0.25) is 11.8 Å². The van der Waals surface area contributed by atoms with E-state index in [9.17, 15) is 9.59 Å². The van der Waals surface area contributed by atoms with Crippen molar-refractivity contribution in [3.63, 3.8) is 0 Å². The zero-order valence-electron chi connectivity index (χ0n) is 12.0. The van der Waals surface area contributed by atoms with Gasteiger partial charge in [0.05, 0.1) is 7.11 Å². The van der Waals surface area contributed by atoms with Crippen molar-refractivity contribution in [2.45, 2.75) is 26.7 Å². The molecule has 0 aliphatic carbocycles. The summed E-state index contributed by atoms with van der Waals surface area (Å²) >= 11 is 0. The fraction of sp³-hybridized carbons (Fsp3) is 0.667. The van der Waals surface area contributed by atoms with Crippen LogP contribution < -0.4 is 5.73 Å². The Hall–Kier alpha value is -2.12. The van der Waals surface area contributed by atoms with Crippen molar-refractivity contribution in [1.82, 2.24) is 20.1 Å². The smallest absolute Gasteiger partial charge is 0.325 e. The summed E-state index contributed by atoms with van der Waals surface area (Å²) in [6.07, 6.45) is 1.83. The molecule has 0 saturated heterocycles. The minimum Gasteiger partial charge on any atom is -0.468 e. The average Bonchev–Trinajstić information content (AvgIpc) is 2.88. The number of amides is 1. The van der Waals surface area contributed by atoms with Crippen molar-refractivity contribution < 1.29 is 14.3 Å². The lowest BCUT2D eigenvalue weighted by molar-refractivity contribution is -0.141. The molecule has 0 fully saturated rings. The Bertz CT molecular complexity index is 456. The number of H-pyrrole nitrogens is 1. The van der Waals surface area contributed by atoms with Gasteiger partial charge in [0.25, 0.3) is 5.91 Å². The Morgan fingerprint density at radius 3 is 2.50 bits per heavy atom. The number of nitrogens with one attached hydrogen (secondary N) is 1. The summed E-state index contributed by atoms with van der Waals surface area (Å²) < 4.78 is 4.62. The molecular weight excluding hydrogens is 262 g/mol. The van der Waals surface area contributed by atoms with E-state index in [1.54, 1.807) is 0 Å². The third kappa shape index (κ3) is 4.22. The molecule has 0 aromatic carbocycles. The van der Waals surface area contributed by atoms with Gasteiger partial charge in [-0.2, -0.15) is 4.98 Å². The molecule has 0 bridgehead atoms. The minimum atomic E-state index is -0.475. The lowest BCUT2D eigenvalue weighted by Gasteiger charge is -2.24. The van der Waals surface area contributed by atoms with E-state index in [1.165, 1.54) is 12.0 Å². The van der Waals surface area contributed by atoms with Crippen molar-refractivity contribution in [1.29, 1.82) is 0 Å². The van der Waals surface area contributed by atoms with E-state index in [-0.39, 0.29) is 18.3 Å². The van der Waals surface area contributed by atoms with Gasteiger partial charge in [-0.05, 0) is 5.92 Å². The molecule has 0 aliphatic rings. The van der Waals surface area contributed by atoms with Gasteiger partial charge in [0.15, 0.2) is 0 Å². The molecule has 1 aromatic rings. The van der Waals surface area contributed by atoms with E-state index < -0.39 is 11.9 Å². The van der Waals surface area contributed by atoms with Gasteiger partial charge < -0.3 is 15.4 Å². The highest BCUT2D eigenvalue weighted by atomic mass is 16.5. The van der Waals surface area contributed by atoms with E-state index in [2.05, 4.69) is 19.9 Å². The third-order valence-corrected chi connectivity index (χ3v) is 3.17. The Morgan fingerprint density at radius 1 is 1.40 bits per heavy atom. The second kappa shape index (κ2) is 7.46. The van der Waals surface area contributed by atoms with Crippen LogP contribution in [0.1, 0.15) is 37.3 Å². The van der Waals surface area contributed by atoms with Crippen LogP contribution >= 0.6 is 0 Å². The number of esters is 1. The topological polar surface area (TPSA) is 114 Å². The van der Waals surface area contributed by atoms with Gasteiger partial charge in [0, 0.05) is 6.54 Å². The third-order valence-electron chi connectivity index (χ3n) is 3.17. The SMILES string of the molecule is CCC(CC)CN(CC(=O)OC)C(=O)c1nc(N)n[nH]1. The molecule has 1 amide bonds. The number of nitrogen functional groups attached to an aromatic ring is 1. The molecule has 0 unspecified atom stereocenters. The maximum absolute atomic E-state index is 12.3. The molecule has 8 nitrogen and oxygen atoms in total. The Balaban J connectivity index is 2.85. The first-order valence-corrected chi connectivity index (χ1v) is 6.55. The highest BCUT2D eigenvalue weighted by Crippen LogP contribution is 2.12. The van der Waals surface area contributed by atoms with Crippen LogP contribution in [0.5, 0.6) is 0 Å². The highest BCUT2D eigenvalue weighted by Gasteiger charge is 2.24.